The summed E-state index contributed by atoms with van der Waals surface area (Å²) in [5.74, 6) is 1.82. The lowest BCUT2D eigenvalue weighted by molar-refractivity contribution is -0.189. The Balaban J connectivity index is 0.00000272. The van der Waals surface area contributed by atoms with Crippen LogP contribution in [0.15, 0.2) is 58.1 Å². The third kappa shape index (κ3) is 6.70. The zero-order valence-electron chi connectivity index (χ0n) is 18.3. The number of piperidine rings is 1. The Hall–Kier alpha value is -1.58. The van der Waals surface area contributed by atoms with Gasteiger partial charge >= 0.3 is 0 Å². The number of nitrogens with zero attached hydrogens (tertiary/aromatic N) is 2. The predicted octanol–water partition coefficient (Wildman–Crippen LogP) is 4.10. The molecule has 0 saturated carbocycles. The van der Waals surface area contributed by atoms with Gasteiger partial charge in [0, 0.05) is 38.5 Å². The summed E-state index contributed by atoms with van der Waals surface area (Å²) < 4.78 is 17.4. The minimum Gasteiger partial charge on any atom is -0.469 e. The summed E-state index contributed by atoms with van der Waals surface area (Å²) in [4.78, 5) is 7.30. The van der Waals surface area contributed by atoms with Gasteiger partial charge in [-0.3, -0.25) is 4.99 Å². The lowest BCUT2D eigenvalue weighted by Crippen LogP contribution is -2.52. The van der Waals surface area contributed by atoms with Crippen molar-refractivity contribution in [3.05, 3.63) is 60.1 Å². The summed E-state index contributed by atoms with van der Waals surface area (Å²) in [6.45, 7) is 6.92. The smallest absolute Gasteiger partial charge is 0.193 e. The van der Waals surface area contributed by atoms with Crippen LogP contribution in [0.3, 0.4) is 0 Å². The number of hydrogen-bond acceptors (Lipinski definition) is 4. The minimum atomic E-state index is -0.470. The van der Waals surface area contributed by atoms with Gasteiger partial charge in [0.15, 0.2) is 11.7 Å². The first kappa shape index (κ1) is 24.1. The van der Waals surface area contributed by atoms with Gasteiger partial charge in [0.2, 0.25) is 0 Å². The molecule has 0 aliphatic carbocycles. The molecule has 1 N–H and O–H groups in total. The summed E-state index contributed by atoms with van der Waals surface area (Å²) in [7, 11) is 0. The normalized spacial score (nSPS) is 21.0. The zero-order valence-corrected chi connectivity index (χ0v) is 20.6. The summed E-state index contributed by atoms with van der Waals surface area (Å²) in [6.07, 6.45) is 5.73. The molecular weight excluding hydrogens is 505 g/mol. The van der Waals surface area contributed by atoms with Crippen LogP contribution in [0.25, 0.3) is 0 Å². The fraction of sp³-hybridized carbons (Fsp3) is 0.542. The first-order chi connectivity index (χ1) is 14.7. The number of benzene rings is 1. The molecule has 2 aliphatic rings. The molecule has 2 aliphatic heterocycles. The van der Waals surface area contributed by atoms with Gasteiger partial charge in [-0.1, -0.05) is 30.3 Å². The molecular formula is C24H34IN3O3. The average Bonchev–Trinajstić information content (AvgIpc) is 3.46. The largest absolute Gasteiger partial charge is 0.469 e. The van der Waals surface area contributed by atoms with Crippen LogP contribution in [0, 0.1) is 5.92 Å². The third-order valence-corrected chi connectivity index (χ3v) is 6.06. The predicted molar refractivity (Wildman–Crippen MR) is 133 cm³/mol. The number of aliphatic imine (C=N–C) groups is 1. The van der Waals surface area contributed by atoms with Crippen LogP contribution in [0.2, 0.25) is 0 Å². The van der Waals surface area contributed by atoms with Crippen LogP contribution in [-0.4, -0.2) is 56.0 Å². The number of rotatable bonds is 7. The van der Waals surface area contributed by atoms with Crippen molar-refractivity contribution in [2.75, 3.05) is 39.4 Å². The van der Waals surface area contributed by atoms with Crippen LogP contribution in [0.1, 0.15) is 31.1 Å². The summed E-state index contributed by atoms with van der Waals surface area (Å²) in [5.41, 5.74) is 1.33. The van der Waals surface area contributed by atoms with Gasteiger partial charge in [-0.2, -0.15) is 0 Å². The van der Waals surface area contributed by atoms with E-state index in [1.165, 1.54) is 5.56 Å². The van der Waals surface area contributed by atoms with E-state index in [0.717, 1.165) is 57.0 Å². The monoisotopic (exact) mass is 539 g/mol. The summed E-state index contributed by atoms with van der Waals surface area (Å²) in [5, 5.41) is 3.61. The number of guanidine groups is 1. The lowest BCUT2D eigenvalue weighted by atomic mass is 9.90. The molecule has 0 radical (unpaired) electrons. The first-order valence-corrected chi connectivity index (χ1v) is 11.1. The number of hydrogen-bond donors (Lipinski definition) is 1. The lowest BCUT2D eigenvalue weighted by Gasteiger charge is -2.41. The van der Waals surface area contributed by atoms with E-state index >= 15 is 0 Å². The summed E-state index contributed by atoms with van der Waals surface area (Å²) in [6, 6.07) is 14.5. The van der Waals surface area contributed by atoms with Crippen LogP contribution >= 0.6 is 24.0 Å². The van der Waals surface area contributed by atoms with Crippen LogP contribution in [-0.2, 0) is 22.3 Å². The van der Waals surface area contributed by atoms with Crippen molar-refractivity contribution >= 4 is 29.9 Å². The van der Waals surface area contributed by atoms with Gasteiger partial charge in [0.05, 0.1) is 19.5 Å². The zero-order chi connectivity index (χ0) is 20.7. The molecule has 31 heavy (non-hydrogen) atoms. The molecule has 170 valence electrons. The Labute approximate surface area is 202 Å². The molecule has 1 atom stereocenters. The molecule has 3 heterocycles. The van der Waals surface area contributed by atoms with Gasteiger partial charge in [-0.25, -0.2) is 0 Å². The Morgan fingerprint density at radius 1 is 1.13 bits per heavy atom. The highest BCUT2D eigenvalue weighted by Gasteiger charge is 2.42. The second-order valence-electron chi connectivity index (χ2n) is 8.20. The van der Waals surface area contributed by atoms with E-state index in [4.69, 9.17) is 18.9 Å². The number of furan rings is 1. The van der Waals surface area contributed by atoms with Gasteiger partial charge in [0.1, 0.15) is 5.76 Å². The maximum atomic E-state index is 5.96. The fourth-order valence-electron chi connectivity index (χ4n) is 4.32. The summed E-state index contributed by atoms with van der Waals surface area (Å²) >= 11 is 0. The second kappa shape index (κ2) is 11.9. The van der Waals surface area contributed by atoms with Gasteiger partial charge in [-0.15, -0.1) is 24.0 Å². The van der Waals surface area contributed by atoms with E-state index < -0.39 is 5.79 Å². The Morgan fingerprint density at radius 2 is 1.94 bits per heavy atom. The van der Waals surface area contributed by atoms with E-state index in [0.29, 0.717) is 25.7 Å². The molecule has 0 spiro atoms. The van der Waals surface area contributed by atoms with E-state index in [1.54, 1.807) is 6.26 Å². The molecule has 1 unspecified atom stereocenters. The second-order valence-corrected chi connectivity index (χ2v) is 8.20. The van der Waals surface area contributed by atoms with Crippen molar-refractivity contribution in [2.45, 2.75) is 38.4 Å². The highest BCUT2D eigenvalue weighted by Crippen LogP contribution is 2.34. The highest BCUT2D eigenvalue weighted by molar-refractivity contribution is 14.0. The Bertz CT molecular complexity index is 792. The molecule has 6 nitrogen and oxygen atoms in total. The van der Waals surface area contributed by atoms with Crippen LogP contribution < -0.4 is 5.32 Å². The standard InChI is InChI=1S/C24H33N3O3.HI/c1-24(29-17-18-30-24)21-9-5-15-27(19-21)23(26-14-12-22-10-6-16-28-22)25-13-11-20-7-3-2-4-8-20;/h2-4,6-8,10,16,21H,5,9,11-15,17-19H2,1H3,(H,25,26);1H. The van der Waals surface area contributed by atoms with Gasteiger partial charge in [-0.05, 0) is 43.9 Å². The van der Waals surface area contributed by atoms with E-state index in [1.807, 2.05) is 12.1 Å². The van der Waals surface area contributed by atoms with E-state index in [-0.39, 0.29) is 24.0 Å². The number of halogens is 1. The van der Waals surface area contributed by atoms with Gasteiger partial charge < -0.3 is 24.1 Å². The Kier molecular flexibility index (Phi) is 9.22. The van der Waals surface area contributed by atoms with Gasteiger partial charge in [0.25, 0.3) is 0 Å². The van der Waals surface area contributed by atoms with E-state index in [2.05, 4.69) is 47.5 Å². The molecule has 1 aromatic heterocycles. The molecule has 2 saturated heterocycles. The first-order valence-electron chi connectivity index (χ1n) is 11.1. The topological polar surface area (TPSA) is 59.2 Å². The number of likely N-dealkylation sites (tertiary alicyclic amines) is 1. The van der Waals surface area contributed by atoms with Crippen molar-refractivity contribution in [1.82, 2.24) is 10.2 Å². The highest BCUT2D eigenvalue weighted by atomic mass is 127. The molecule has 2 fully saturated rings. The molecule has 4 rings (SSSR count). The van der Waals surface area contributed by atoms with E-state index in [9.17, 15) is 0 Å². The van der Waals surface area contributed by atoms with Crippen molar-refractivity contribution in [2.24, 2.45) is 10.9 Å². The molecule has 0 bridgehead atoms. The van der Waals surface area contributed by atoms with Crippen LogP contribution in [0.4, 0.5) is 0 Å². The molecule has 7 heteroatoms. The maximum Gasteiger partial charge on any atom is 0.193 e. The Morgan fingerprint density at radius 3 is 2.68 bits per heavy atom. The van der Waals surface area contributed by atoms with Crippen molar-refractivity contribution in [1.29, 1.82) is 0 Å². The third-order valence-electron chi connectivity index (χ3n) is 6.06. The SMILES string of the molecule is CC1(C2CCCN(C(=NCCc3ccco3)NCCc3ccccc3)C2)OCCO1.I. The maximum absolute atomic E-state index is 5.96. The van der Waals surface area contributed by atoms with Crippen molar-refractivity contribution in [3.8, 4) is 0 Å². The fourth-order valence-corrected chi connectivity index (χ4v) is 4.32. The molecule has 1 aromatic carbocycles. The number of ether oxygens (including phenoxy) is 2. The average molecular weight is 539 g/mol. The minimum absolute atomic E-state index is 0. The van der Waals surface area contributed by atoms with Crippen molar-refractivity contribution in [3.63, 3.8) is 0 Å². The quantitative estimate of drug-likeness (QED) is 0.326. The molecule has 2 aromatic rings. The number of nitrogens with one attached hydrogen (secondary N) is 1. The van der Waals surface area contributed by atoms with Crippen molar-refractivity contribution < 1.29 is 13.9 Å². The molecule has 0 amide bonds. The van der Waals surface area contributed by atoms with Crippen LogP contribution in [0.5, 0.6) is 0 Å².